The maximum atomic E-state index is 5.75. The topological polar surface area (TPSA) is 54.9 Å². The molecule has 0 aliphatic rings. The van der Waals surface area contributed by atoms with Gasteiger partial charge in [0, 0.05) is 33.9 Å². The number of nitrogens with zero attached hydrogens (tertiary/aromatic N) is 1. The highest BCUT2D eigenvalue weighted by atomic mass is 127. The van der Waals surface area contributed by atoms with Crippen LogP contribution in [0, 0.1) is 6.92 Å². The van der Waals surface area contributed by atoms with Crippen LogP contribution in [0.3, 0.4) is 0 Å². The number of halogens is 1. The number of benzene rings is 1. The van der Waals surface area contributed by atoms with E-state index in [4.69, 9.17) is 9.47 Å². The van der Waals surface area contributed by atoms with Crippen molar-refractivity contribution in [2.45, 2.75) is 19.8 Å². The van der Waals surface area contributed by atoms with Gasteiger partial charge in [-0.3, -0.25) is 4.99 Å². The van der Waals surface area contributed by atoms with Gasteiger partial charge in [-0.05, 0) is 31.4 Å². The molecule has 0 aromatic heterocycles. The fourth-order valence-electron chi connectivity index (χ4n) is 1.82. The van der Waals surface area contributed by atoms with Gasteiger partial charge >= 0.3 is 0 Å². The molecule has 0 aliphatic heterocycles. The first-order valence-corrected chi connectivity index (χ1v) is 7.40. The van der Waals surface area contributed by atoms with E-state index >= 15 is 0 Å². The minimum Gasteiger partial charge on any atom is -0.493 e. The van der Waals surface area contributed by atoms with Crippen molar-refractivity contribution in [1.82, 2.24) is 10.6 Å². The van der Waals surface area contributed by atoms with E-state index in [9.17, 15) is 0 Å². The highest BCUT2D eigenvalue weighted by Crippen LogP contribution is 2.15. The average molecular weight is 421 g/mol. The molecule has 22 heavy (non-hydrogen) atoms. The molecule has 1 rings (SSSR count). The second kappa shape index (κ2) is 13.6. The summed E-state index contributed by atoms with van der Waals surface area (Å²) in [6, 6.07) is 8.06. The molecular weight excluding hydrogens is 393 g/mol. The molecule has 5 nitrogen and oxygen atoms in total. The maximum Gasteiger partial charge on any atom is 0.190 e. The Morgan fingerprint density at radius 1 is 1.09 bits per heavy atom. The molecule has 0 heterocycles. The fourth-order valence-corrected chi connectivity index (χ4v) is 1.82. The fraction of sp³-hybridized carbons (Fsp3) is 0.562. The van der Waals surface area contributed by atoms with Crippen molar-refractivity contribution in [3.05, 3.63) is 29.8 Å². The van der Waals surface area contributed by atoms with Crippen LogP contribution >= 0.6 is 24.0 Å². The minimum absolute atomic E-state index is 0. The number of nitrogens with one attached hydrogen (secondary N) is 2. The summed E-state index contributed by atoms with van der Waals surface area (Å²) in [5, 5.41) is 6.51. The minimum atomic E-state index is 0. The molecule has 1 aromatic carbocycles. The van der Waals surface area contributed by atoms with Gasteiger partial charge in [-0.1, -0.05) is 18.2 Å². The average Bonchev–Trinajstić information content (AvgIpc) is 2.50. The third-order valence-electron chi connectivity index (χ3n) is 3.01. The van der Waals surface area contributed by atoms with Gasteiger partial charge in [0.15, 0.2) is 5.96 Å². The van der Waals surface area contributed by atoms with Crippen molar-refractivity contribution < 1.29 is 9.47 Å². The van der Waals surface area contributed by atoms with Crippen LogP contribution in [0.5, 0.6) is 5.75 Å². The molecule has 0 bridgehead atoms. The Balaban J connectivity index is 0.00000441. The molecule has 0 fully saturated rings. The second-order valence-corrected chi connectivity index (χ2v) is 4.74. The SMILES string of the molecule is CN=C(NCCCOC)NCCCOc1ccccc1C.I. The third-order valence-corrected chi connectivity index (χ3v) is 3.01. The molecule has 0 unspecified atom stereocenters. The van der Waals surface area contributed by atoms with E-state index in [0.29, 0.717) is 6.61 Å². The summed E-state index contributed by atoms with van der Waals surface area (Å²) < 4.78 is 10.8. The Hall–Kier alpha value is -1.02. The summed E-state index contributed by atoms with van der Waals surface area (Å²) in [4.78, 5) is 4.17. The Bertz CT molecular complexity index is 428. The molecule has 1 aromatic rings. The van der Waals surface area contributed by atoms with Crippen LogP contribution in [0.1, 0.15) is 18.4 Å². The van der Waals surface area contributed by atoms with E-state index < -0.39 is 0 Å². The molecule has 0 saturated heterocycles. The number of ether oxygens (including phenoxy) is 2. The first-order chi connectivity index (χ1) is 10.3. The standard InChI is InChI=1S/C16H27N3O2.HI/c1-14-8-4-5-9-15(14)21-13-7-11-19-16(17-2)18-10-6-12-20-3;/h4-5,8-9H,6-7,10-13H2,1-3H3,(H2,17,18,19);1H. The van der Waals surface area contributed by atoms with Crippen LogP contribution in [0.4, 0.5) is 0 Å². The Kier molecular flexibility index (Phi) is 13.0. The highest BCUT2D eigenvalue weighted by Gasteiger charge is 1.99. The van der Waals surface area contributed by atoms with Crippen LogP contribution in [0.2, 0.25) is 0 Å². The number of hydrogen-bond donors (Lipinski definition) is 2. The molecule has 0 atom stereocenters. The predicted octanol–water partition coefficient (Wildman–Crippen LogP) is 2.58. The largest absolute Gasteiger partial charge is 0.493 e. The molecule has 126 valence electrons. The van der Waals surface area contributed by atoms with Crippen molar-refractivity contribution in [3.63, 3.8) is 0 Å². The molecular formula is C16H28IN3O2. The van der Waals surface area contributed by atoms with Gasteiger partial charge in [-0.25, -0.2) is 0 Å². The van der Waals surface area contributed by atoms with Crippen LogP contribution < -0.4 is 15.4 Å². The molecule has 0 saturated carbocycles. The summed E-state index contributed by atoms with van der Waals surface area (Å²) in [6.45, 7) is 5.19. The van der Waals surface area contributed by atoms with E-state index in [0.717, 1.165) is 44.2 Å². The van der Waals surface area contributed by atoms with E-state index in [-0.39, 0.29) is 24.0 Å². The van der Waals surface area contributed by atoms with Crippen LogP contribution in [-0.2, 0) is 4.74 Å². The third kappa shape index (κ3) is 9.09. The number of methoxy groups -OCH3 is 1. The first kappa shape index (κ1) is 21.0. The van der Waals surface area contributed by atoms with E-state index in [2.05, 4.69) is 28.6 Å². The van der Waals surface area contributed by atoms with Gasteiger partial charge in [0.25, 0.3) is 0 Å². The molecule has 0 aliphatic carbocycles. The zero-order valence-electron chi connectivity index (χ0n) is 13.7. The Labute approximate surface area is 150 Å². The molecule has 0 amide bonds. The van der Waals surface area contributed by atoms with Crippen LogP contribution in [0.25, 0.3) is 0 Å². The monoisotopic (exact) mass is 421 g/mol. The highest BCUT2D eigenvalue weighted by molar-refractivity contribution is 14.0. The number of rotatable bonds is 9. The van der Waals surface area contributed by atoms with Gasteiger partial charge in [0.05, 0.1) is 6.61 Å². The lowest BCUT2D eigenvalue weighted by atomic mass is 10.2. The van der Waals surface area contributed by atoms with E-state index in [1.165, 1.54) is 5.56 Å². The zero-order chi connectivity index (χ0) is 15.3. The first-order valence-electron chi connectivity index (χ1n) is 7.40. The summed E-state index contributed by atoms with van der Waals surface area (Å²) in [7, 11) is 3.48. The van der Waals surface area contributed by atoms with Crippen molar-refractivity contribution >= 4 is 29.9 Å². The maximum absolute atomic E-state index is 5.75. The summed E-state index contributed by atoms with van der Waals surface area (Å²) in [5.41, 5.74) is 1.17. The summed E-state index contributed by atoms with van der Waals surface area (Å²) >= 11 is 0. The Morgan fingerprint density at radius 3 is 2.32 bits per heavy atom. The lowest BCUT2D eigenvalue weighted by Gasteiger charge is -2.12. The van der Waals surface area contributed by atoms with E-state index in [1.807, 2.05) is 18.2 Å². The lowest BCUT2D eigenvalue weighted by Crippen LogP contribution is -2.38. The molecule has 6 heteroatoms. The number of hydrogen-bond acceptors (Lipinski definition) is 3. The van der Waals surface area contributed by atoms with Gasteiger partial charge in [0.1, 0.15) is 5.75 Å². The zero-order valence-corrected chi connectivity index (χ0v) is 16.1. The van der Waals surface area contributed by atoms with Gasteiger partial charge in [0.2, 0.25) is 0 Å². The molecule has 0 radical (unpaired) electrons. The number of aryl methyl sites for hydroxylation is 1. The van der Waals surface area contributed by atoms with E-state index in [1.54, 1.807) is 14.2 Å². The van der Waals surface area contributed by atoms with Gasteiger partial charge in [-0.2, -0.15) is 0 Å². The van der Waals surface area contributed by atoms with Crippen molar-refractivity contribution in [2.24, 2.45) is 4.99 Å². The van der Waals surface area contributed by atoms with Crippen LogP contribution in [0.15, 0.2) is 29.3 Å². The van der Waals surface area contributed by atoms with Crippen molar-refractivity contribution in [2.75, 3.05) is 40.5 Å². The second-order valence-electron chi connectivity index (χ2n) is 4.74. The summed E-state index contributed by atoms with van der Waals surface area (Å²) in [6.07, 6.45) is 1.89. The number of para-hydroxylation sites is 1. The lowest BCUT2D eigenvalue weighted by molar-refractivity contribution is 0.195. The van der Waals surface area contributed by atoms with Crippen molar-refractivity contribution in [1.29, 1.82) is 0 Å². The summed E-state index contributed by atoms with van der Waals surface area (Å²) in [5.74, 6) is 1.78. The number of aliphatic imine (C=N–C) groups is 1. The van der Waals surface area contributed by atoms with Gasteiger partial charge in [-0.15, -0.1) is 24.0 Å². The Morgan fingerprint density at radius 2 is 1.73 bits per heavy atom. The van der Waals surface area contributed by atoms with Gasteiger partial charge < -0.3 is 20.1 Å². The molecule has 2 N–H and O–H groups in total. The normalized spacial score (nSPS) is 10.8. The predicted molar refractivity (Wildman–Crippen MR) is 103 cm³/mol. The molecule has 0 spiro atoms. The quantitative estimate of drug-likeness (QED) is 0.279. The van der Waals surface area contributed by atoms with Crippen LogP contribution in [-0.4, -0.2) is 46.4 Å². The number of guanidine groups is 1. The van der Waals surface area contributed by atoms with Crippen molar-refractivity contribution in [3.8, 4) is 5.75 Å². The smallest absolute Gasteiger partial charge is 0.190 e.